The second kappa shape index (κ2) is 2.64. The fourth-order valence-corrected chi connectivity index (χ4v) is 1.29. The van der Waals surface area contributed by atoms with Gasteiger partial charge in [0.2, 0.25) is 0 Å². The molecule has 3 rings (SSSR count). The molecule has 1 saturated carbocycles. The summed E-state index contributed by atoms with van der Waals surface area (Å²) in [5, 5.41) is 9.46. The number of hydrogen-bond donors (Lipinski definition) is 1. The molecule has 14 heavy (non-hydrogen) atoms. The molecule has 2 aromatic rings. The van der Waals surface area contributed by atoms with Gasteiger partial charge in [-0.25, -0.2) is 0 Å². The Morgan fingerprint density at radius 3 is 3.00 bits per heavy atom. The molecule has 0 spiro atoms. The van der Waals surface area contributed by atoms with Crippen molar-refractivity contribution in [1.29, 1.82) is 0 Å². The van der Waals surface area contributed by atoms with Crippen LogP contribution in [-0.2, 0) is 0 Å². The van der Waals surface area contributed by atoms with Crippen molar-refractivity contribution >= 4 is 11.1 Å². The number of ether oxygens (including phenoxy) is 1. The molecule has 1 heterocycles. The van der Waals surface area contributed by atoms with Crippen LogP contribution in [0.15, 0.2) is 22.6 Å². The van der Waals surface area contributed by atoms with Gasteiger partial charge >= 0.3 is 6.08 Å². The van der Waals surface area contributed by atoms with Crippen molar-refractivity contribution < 1.29 is 14.3 Å². The zero-order valence-electron chi connectivity index (χ0n) is 7.43. The largest absolute Gasteiger partial charge is 0.506 e. The lowest BCUT2D eigenvalue weighted by Crippen LogP contribution is -1.94. The highest BCUT2D eigenvalue weighted by Crippen LogP contribution is 2.31. The minimum Gasteiger partial charge on any atom is -0.506 e. The predicted octanol–water partition coefficient (Wildman–Crippen LogP) is 2.07. The first-order chi connectivity index (χ1) is 6.83. The quantitative estimate of drug-likeness (QED) is 0.789. The van der Waals surface area contributed by atoms with Crippen LogP contribution in [0.3, 0.4) is 0 Å². The van der Waals surface area contributed by atoms with Gasteiger partial charge in [0.1, 0.15) is 11.9 Å². The molecule has 1 N–H and O–H groups in total. The summed E-state index contributed by atoms with van der Waals surface area (Å²) in [6, 6.07) is 5.04. The molecular weight excluding hydrogens is 182 g/mol. The van der Waals surface area contributed by atoms with E-state index in [9.17, 15) is 5.11 Å². The highest BCUT2D eigenvalue weighted by molar-refractivity contribution is 5.79. The third kappa shape index (κ3) is 1.19. The second-order valence-electron chi connectivity index (χ2n) is 3.42. The van der Waals surface area contributed by atoms with Crippen LogP contribution in [0.2, 0.25) is 0 Å². The Labute approximate surface area is 80.1 Å². The normalized spacial score (nSPS) is 16.0. The van der Waals surface area contributed by atoms with E-state index in [0.717, 1.165) is 12.8 Å². The number of phenols is 1. The first-order valence-electron chi connectivity index (χ1n) is 4.58. The number of fused-ring (bicyclic) bond motifs is 1. The van der Waals surface area contributed by atoms with E-state index in [1.165, 1.54) is 0 Å². The van der Waals surface area contributed by atoms with Crippen molar-refractivity contribution in [3.63, 3.8) is 0 Å². The fraction of sp³-hybridized carbons (Fsp3) is 0.300. The number of hydrogen-bond acceptors (Lipinski definition) is 4. The van der Waals surface area contributed by atoms with Gasteiger partial charge in [0.15, 0.2) is 11.1 Å². The van der Waals surface area contributed by atoms with E-state index in [4.69, 9.17) is 9.15 Å². The summed E-state index contributed by atoms with van der Waals surface area (Å²) in [7, 11) is 0. The Hall–Kier alpha value is -1.71. The van der Waals surface area contributed by atoms with Crippen molar-refractivity contribution in [3.8, 4) is 11.8 Å². The molecule has 0 amide bonds. The Bertz CT molecular complexity index is 473. The lowest BCUT2D eigenvalue weighted by molar-refractivity contribution is 0.224. The number of nitrogens with zero attached hydrogens (tertiary/aromatic N) is 1. The van der Waals surface area contributed by atoms with Gasteiger partial charge in [-0.1, -0.05) is 6.07 Å². The molecule has 1 aliphatic carbocycles. The Morgan fingerprint density at radius 1 is 1.43 bits per heavy atom. The lowest BCUT2D eigenvalue weighted by atomic mass is 10.3. The van der Waals surface area contributed by atoms with Gasteiger partial charge in [-0.3, -0.25) is 0 Å². The molecule has 0 atom stereocenters. The number of rotatable bonds is 2. The maximum Gasteiger partial charge on any atom is 0.395 e. The molecule has 0 bridgehead atoms. The van der Waals surface area contributed by atoms with Gasteiger partial charge in [-0.05, 0) is 25.0 Å². The van der Waals surface area contributed by atoms with E-state index in [2.05, 4.69) is 4.98 Å². The molecule has 0 unspecified atom stereocenters. The van der Waals surface area contributed by atoms with Crippen molar-refractivity contribution in [2.75, 3.05) is 0 Å². The third-order valence-corrected chi connectivity index (χ3v) is 2.17. The Morgan fingerprint density at radius 2 is 2.29 bits per heavy atom. The maximum atomic E-state index is 9.46. The zero-order valence-corrected chi connectivity index (χ0v) is 7.43. The summed E-state index contributed by atoms with van der Waals surface area (Å²) >= 11 is 0. The van der Waals surface area contributed by atoms with Crippen molar-refractivity contribution in [3.05, 3.63) is 18.2 Å². The number of para-hydroxylation sites is 1. The zero-order chi connectivity index (χ0) is 9.54. The summed E-state index contributed by atoms with van der Waals surface area (Å²) in [5.74, 6) is 0.122. The van der Waals surface area contributed by atoms with Crippen LogP contribution >= 0.6 is 0 Å². The third-order valence-electron chi connectivity index (χ3n) is 2.17. The van der Waals surface area contributed by atoms with Crippen LogP contribution in [0.5, 0.6) is 11.8 Å². The molecule has 1 aromatic heterocycles. The van der Waals surface area contributed by atoms with Gasteiger partial charge < -0.3 is 14.3 Å². The summed E-state index contributed by atoms with van der Waals surface area (Å²) in [6.45, 7) is 0. The molecule has 0 radical (unpaired) electrons. The standard InChI is InChI=1S/C10H9NO3/c12-7-2-1-3-8-9(7)11-10(14-8)13-6-4-5-6/h1-3,6,12H,4-5H2. The average molecular weight is 191 g/mol. The highest BCUT2D eigenvalue weighted by atomic mass is 16.6. The summed E-state index contributed by atoms with van der Waals surface area (Å²) in [4.78, 5) is 4.05. The van der Waals surface area contributed by atoms with Crippen LogP contribution in [-0.4, -0.2) is 16.2 Å². The molecular formula is C10H9NO3. The Kier molecular flexibility index (Phi) is 1.45. The van der Waals surface area contributed by atoms with Crippen LogP contribution < -0.4 is 4.74 Å². The minimum atomic E-state index is 0.122. The van der Waals surface area contributed by atoms with E-state index < -0.39 is 0 Å². The first-order valence-corrected chi connectivity index (χ1v) is 4.58. The smallest absolute Gasteiger partial charge is 0.395 e. The number of phenolic OH excluding ortho intramolecular Hbond substituents is 1. The van der Waals surface area contributed by atoms with Crippen molar-refractivity contribution in [2.45, 2.75) is 18.9 Å². The van der Waals surface area contributed by atoms with Gasteiger partial charge in [0.25, 0.3) is 0 Å². The van der Waals surface area contributed by atoms with E-state index in [-0.39, 0.29) is 17.9 Å². The van der Waals surface area contributed by atoms with Crippen molar-refractivity contribution in [1.82, 2.24) is 4.98 Å². The van der Waals surface area contributed by atoms with Gasteiger partial charge in [-0.2, -0.15) is 4.98 Å². The topological polar surface area (TPSA) is 55.5 Å². The maximum absolute atomic E-state index is 9.46. The van der Waals surface area contributed by atoms with Crippen LogP contribution in [0.1, 0.15) is 12.8 Å². The van der Waals surface area contributed by atoms with E-state index in [1.54, 1.807) is 18.2 Å². The van der Waals surface area contributed by atoms with E-state index in [0.29, 0.717) is 11.1 Å². The molecule has 1 aromatic carbocycles. The molecule has 0 aliphatic heterocycles. The fourth-order valence-electron chi connectivity index (χ4n) is 1.29. The molecule has 4 nitrogen and oxygen atoms in total. The lowest BCUT2D eigenvalue weighted by Gasteiger charge is -1.93. The van der Waals surface area contributed by atoms with Crippen molar-refractivity contribution in [2.24, 2.45) is 0 Å². The molecule has 4 heteroatoms. The highest BCUT2D eigenvalue weighted by Gasteiger charge is 2.26. The molecule has 1 aliphatic rings. The monoisotopic (exact) mass is 191 g/mol. The summed E-state index contributed by atoms with van der Waals surface area (Å²) < 4.78 is 10.7. The van der Waals surface area contributed by atoms with Crippen LogP contribution in [0.4, 0.5) is 0 Å². The SMILES string of the molecule is Oc1cccc2oc(OC3CC3)nc12. The second-order valence-corrected chi connectivity index (χ2v) is 3.42. The Balaban J connectivity index is 2.05. The van der Waals surface area contributed by atoms with Crippen LogP contribution in [0, 0.1) is 0 Å². The minimum absolute atomic E-state index is 0.122. The number of aromatic hydroxyl groups is 1. The van der Waals surface area contributed by atoms with E-state index in [1.807, 2.05) is 0 Å². The van der Waals surface area contributed by atoms with Gasteiger partial charge in [-0.15, -0.1) is 0 Å². The number of benzene rings is 1. The molecule has 0 saturated heterocycles. The van der Waals surface area contributed by atoms with Crippen LogP contribution in [0.25, 0.3) is 11.1 Å². The summed E-state index contributed by atoms with van der Waals surface area (Å²) in [5.41, 5.74) is 1.02. The van der Waals surface area contributed by atoms with Gasteiger partial charge in [0.05, 0.1) is 0 Å². The number of aromatic nitrogens is 1. The number of oxazole rings is 1. The molecule has 72 valence electrons. The summed E-state index contributed by atoms with van der Waals surface area (Å²) in [6.07, 6.45) is 2.63. The first kappa shape index (κ1) is 7.67. The van der Waals surface area contributed by atoms with Gasteiger partial charge in [0, 0.05) is 0 Å². The van der Waals surface area contributed by atoms with E-state index >= 15 is 0 Å². The predicted molar refractivity (Wildman–Crippen MR) is 49.3 cm³/mol. The average Bonchev–Trinajstić information content (AvgIpc) is 2.84. The molecule has 1 fully saturated rings.